The van der Waals surface area contributed by atoms with Crippen molar-refractivity contribution in [1.29, 1.82) is 0 Å². The summed E-state index contributed by atoms with van der Waals surface area (Å²) in [6.07, 6.45) is 1.61. The summed E-state index contributed by atoms with van der Waals surface area (Å²) < 4.78 is 8.76. The number of nitrogens with one attached hydrogen (secondary N) is 1. The van der Waals surface area contributed by atoms with Gasteiger partial charge in [-0.2, -0.15) is 14.9 Å². The lowest BCUT2D eigenvalue weighted by atomic mass is 10.2. The molecule has 0 spiro atoms. The van der Waals surface area contributed by atoms with Crippen molar-refractivity contribution >= 4 is 34.4 Å². The highest BCUT2D eigenvalue weighted by Gasteiger charge is 2.04. The number of hydrogen-bond acceptors (Lipinski definition) is 4. The van der Waals surface area contributed by atoms with E-state index in [-0.39, 0.29) is 0 Å². The van der Waals surface area contributed by atoms with E-state index in [1.54, 1.807) is 6.21 Å². The Morgan fingerprint density at radius 3 is 2.71 bits per heavy atom. The molecule has 0 saturated heterocycles. The predicted octanol–water partition coefficient (Wildman–Crippen LogP) is 4.15. The van der Waals surface area contributed by atoms with Crippen LogP contribution in [-0.2, 0) is 0 Å². The Kier molecular flexibility index (Phi) is 3.85. The largest absolute Gasteiger partial charge is 0.455 e. The van der Waals surface area contributed by atoms with Gasteiger partial charge < -0.3 is 4.42 Å². The van der Waals surface area contributed by atoms with Crippen LogP contribution in [0.1, 0.15) is 11.6 Å². The van der Waals surface area contributed by atoms with Crippen molar-refractivity contribution in [1.82, 2.24) is 14.9 Å². The molecule has 0 amide bonds. The Balaban J connectivity index is 1.85. The molecule has 1 N–H and O–H groups in total. The molecule has 0 unspecified atom stereocenters. The van der Waals surface area contributed by atoms with E-state index < -0.39 is 0 Å². The zero-order valence-electron chi connectivity index (χ0n) is 11.1. The molecule has 2 aromatic heterocycles. The van der Waals surface area contributed by atoms with Crippen LogP contribution < -0.4 is 0 Å². The van der Waals surface area contributed by atoms with E-state index in [9.17, 15) is 0 Å². The molecule has 0 aliphatic rings. The molecule has 106 valence electrons. The zero-order valence-corrected chi connectivity index (χ0v) is 13.5. The Bertz CT molecular complexity index is 844. The minimum Gasteiger partial charge on any atom is -0.455 e. The first-order chi connectivity index (χ1) is 10.1. The van der Waals surface area contributed by atoms with Gasteiger partial charge >= 0.3 is 0 Å². The van der Waals surface area contributed by atoms with Crippen LogP contribution in [0.4, 0.5) is 0 Å². The third-order valence-corrected chi connectivity index (χ3v) is 3.66. The molecule has 0 fully saturated rings. The van der Waals surface area contributed by atoms with Gasteiger partial charge in [-0.15, -0.1) is 0 Å². The normalized spacial score (nSPS) is 11.3. The molecule has 0 saturated carbocycles. The summed E-state index contributed by atoms with van der Waals surface area (Å²) in [5.74, 6) is 2.13. The fourth-order valence-corrected chi connectivity index (χ4v) is 2.30. The zero-order chi connectivity index (χ0) is 14.8. The second kappa shape index (κ2) is 5.79. The second-order valence-electron chi connectivity index (χ2n) is 4.34. The highest BCUT2D eigenvalue weighted by molar-refractivity contribution is 9.10. The number of furan rings is 1. The molecule has 5 nitrogen and oxygen atoms in total. The Labute approximate surface area is 134 Å². The van der Waals surface area contributed by atoms with Gasteiger partial charge in [-0.25, -0.2) is 0 Å². The maximum absolute atomic E-state index is 5.75. The molecule has 21 heavy (non-hydrogen) atoms. The third kappa shape index (κ3) is 3.03. The van der Waals surface area contributed by atoms with Gasteiger partial charge in [0.05, 0.1) is 6.21 Å². The Morgan fingerprint density at radius 2 is 2.05 bits per heavy atom. The molecule has 2 heterocycles. The van der Waals surface area contributed by atoms with Crippen molar-refractivity contribution in [2.24, 2.45) is 5.10 Å². The maximum Gasteiger partial charge on any atom is 0.216 e. The van der Waals surface area contributed by atoms with Crippen LogP contribution in [0.3, 0.4) is 0 Å². The van der Waals surface area contributed by atoms with Crippen LogP contribution in [0.2, 0.25) is 0 Å². The molecule has 3 rings (SSSR count). The van der Waals surface area contributed by atoms with E-state index in [0.717, 1.165) is 15.8 Å². The van der Waals surface area contributed by atoms with Gasteiger partial charge in [-0.3, -0.25) is 5.10 Å². The summed E-state index contributed by atoms with van der Waals surface area (Å²) in [5, 5.41) is 10.9. The average Bonchev–Trinajstić information content (AvgIpc) is 3.06. The van der Waals surface area contributed by atoms with E-state index >= 15 is 0 Å². The second-order valence-corrected chi connectivity index (χ2v) is 5.64. The molecule has 3 aromatic rings. The summed E-state index contributed by atoms with van der Waals surface area (Å²) in [4.78, 5) is 0. The predicted molar refractivity (Wildman–Crippen MR) is 87.0 cm³/mol. The fraction of sp³-hybridized carbons (Fsp3) is 0.0714. The van der Waals surface area contributed by atoms with Crippen LogP contribution in [0.15, 0.2) is 50.4 Å². The number of rotatable bonds is 3. The van der Waals surface area contributed by atoms with Crippen molar-refractivity contribution in [3.63, 3.8) is 0 Å². The molecular weight excluding hydrogens is 352 g/mol. The Morgan fingerprint density at radius 1 is 1.29 bits per heavy atom. The lowest BCUT2D eigenvalue weighted by Gasteiger charge is -1.96. The number of benzene rings is 1. The monoisotopic (exact) mass is 362 g/mol. The standard InChI is InChI=1S/C14H11BrN4OS/c1-9-17-18-14(21)19(9)16-8-12-6-7-13(20-12)10-2-4-11(15)5-3-10/h2-8H,1H3,(H,18,21)/b16-8-. The van der Waals surface area contributed by atoms with Gasteiger partial charge in [0, 0.05) is 10.0 Å². The molecule has 0 aliphatic heterocycles. The first-order valence-electron chi connectivity index (χ1n) is 6.17. The summed E-state index contributed by atoms with van der Waals surface area (Å²) in [6.45, 7) is 1.82. The number of nitrogens with zero attached hydrogens (tertiary/aromatic N) is 3. The summed E-state index contributed by atoms with van der Waals surface area (Å²) in [5.41, 5.74) is 1.01. The van der Waals surface area contributed by atoms with Crippen LogP contribution in [-0.4, -0.2) is 21.1 Å². The summed E-state index contributed by atoms with van der Waals surface area (Å²) in [6, 6.07) is 11.7. The number of aromatic nitrogens is 3. The van der Waals surface area contributed by atoms with E-state index in [1.807, 2.05) is 43.3 Å². The number of H-pyrrole nitrogens is 1. The molecule has 0 radical (unpaired) electrons. The van der Waals surface area contributed by atoms with Crippen LogP contribution in [0.5, 0.6) is 0 Å². The topological polar surface area (TPSA) is 59.1 Å². The molecule has 0 bridgehead atoms. The molecule has 1 aromatic carbocycles. The molecule has 0 atom stereocenters. The van der Waals surface area contributed by atoms with Gasteiger partial charge in [0.25, 0.3) is 0 Å². The third-order valence-electron chi connectivity index (χ3n) is 2.87. The van der Waals surface area contributed by atoms with E-state index in [4.69, 9.17) is 16.6 Å². The van der Waals surface area contributed by atoms with Gasteiger partial charge in [0.2, 0.25) is 4.77 Å². The minimum absolute atomic E-state index is 0.448. The van der Waals surface area contributed by atoms with Gasteiger partial charge in [0.1, 0.15) is 17.3 Å². The highest BCUT2D eigenvalue weighted by atomic mass is 79.9. The van der Waals surface area contributed by atoms with E-state index in [1.165, 1.54) is 4.68 Å². The fourth-order valence-electron chi connectivity index (χ4n) is 1.81. The van der Waals surface area contributed by atoms with Gasteiger partial charge in [0.15, 0.2) is 0 Å². The van der Waals surface area contributed by atoms with Crippen molar-refractivity contribution < 1.29 is 4.42 Å². The lowest BCUT2D eigenvalue weighted by molar-refractivity contribution is 0.574. The van der Waals surface area contributed by atoms with Gasteiger partial charge in [-0.05, 0) is 43.4 Å². The van der Waals surface area contributed by atoms with Crippen molar-refractivity contribution in [3.8, 4) is 11.3 Å². The molecular formula is C14H11BrN4OS. The van der Waals surface area contributed by atoms with Gasteiger partial charge in [-0.1, -0.05) is 28.1 Å². The van der Waals surface area contributed by atoms with Crippen LogP contribution in [0, 0.1) is 11.7 Å². The van der Waals surface area contributed by atoms with E-state index in [0.29, 0.717) is 16.4 Å². The summed E-state index contributed by atoms with van der Waals surface area (Å²) >= 11 is 8.49. The van der Waals surface area contributed by atoms with Crippen LogP contribution >= 0.6 is 28.1 Å². The number of aryl methyl sites for hydroxylation is 1. The SMILES string of the molecule is Cc1n[nH]c(=S)n1/N=C\c1ccc(-c2ccc(Br)cc2)o1. The summed E-state index contributed by atoms with van der Waals surface area (Å²) in [7, 11) is 0. The molecule has 7 heteroatoms. The maximum atomic E-state index is 5.75. The first-order valence-corrected chi connectivity index (χ1v) is 7.38. The van der Waals surface area contributed by atoms with Crippen LogP contribution in [0.25, 0.3) is 11.3 Å². The minimum atomic E-state index is 0.448. The van der Waals surface area contributed by atoms with Crippen molar-refractivity contribution in [2.75, 3.05) is 0 Å². The number of aromatic amines is 1. The average molecular weight is 363 g/mol. The van der Waals surface area contributed by atoms with E-state index in [2.05, 4.69) is 31.2 Å². The number of halogens is 1. The molecule has 0 aliphatic carbocycles. The Hall–Kier alpha value is -1.99. The quantitative estimate of drug-likeness (QED) is 0.562. The first kappa shape index (κ1) is 14.0. The highest BCUT2D eigenvalue weighted by Crippen LogP contribution is 2.23. The smallest absolute Gasteiger partial charge is 0.216 e. The van der Waals surface area contributed by atoms with Crippen molar-refractivity contribution in [3.05, 3.63) is 57.2 Å². The number of hydrogen-bond donors (Lipinski definition) is 1. The lowest BCUT2D eigenvalue weighted by Crippen LogP contribution is -1.92. The van der Waals surface area contributed by atoms with Crippen molar-refractivity contribution in [2.45, 2.75) is 6.92 Å².